The van der Waals surface area contributed by atoms with Crippen LogP contribution in [0.3, 0.4) is 0 Å². The standard InChI is InChI=1S/C61H44N2/c1-3-15-41(16-4-1)42-27-32-46(33-28-42)62(47-34-29-43(30-35-47)44-31-38-60-54(39-44)53-22-10-14-26-59(53)63(60)45-17-5-2-6-18-45)48-36-37-52-51-21-9-13-25-57(51)61(58(52)40-48)55-23-11-7-19-49(55)50-20-8-12-24-56(50)61/h1-9,11-21,23-34,36-40,47H,10,22,35H2. The summed E-state index contributed by atoms with van der Waals surface area (Å²) in [6.07, 6.45) is 14.9. The summed E-state index contributed by atoms with van der Waals surface area (Å²) >= 11 is 0. The lowest BCUT2D eigenvalue weighted by Crippen LogP contribution is -2.31. The fourth-order valence-electron chi connectivity index (χ4n) is 11.5. The topological polar surface area (TPSA) is 8.17 Å². The van der Waals surface area contributed by atoms with Gasteiger partial charge in [-0.1, -0.05) is 170 Å². The number of fused-ring (bicyclic) bond motifs is 13. The van der Waals surface area contributed by atoms with Gasteiger partial charge in [-0.2, -0.15) is 0 Å². The zero-order chi connectivity index (χ0) is 41.5. The molecule has 4 aliphatic carbocycles. The molecule has 2 heteroatoms. The first-order valence-corrected chi connectivity index (χ1v) is 22.4. The van der Waals surface area contributed by atoms with E-state index in [0.717, 1.165) is 19.3 Å². The van der Waals surface area contributed by atoms with E-state index in [1.807, 2.05) is 0 Å². The van der Waals surface area contributed by atoms with Crippen LogP contribution in [0.2, 0.25) is 0 Å². The largest absolute Gasteiger partial charge is 0.334 e. The molecule has 1 unspecified atom stereocenters. The molecule has 0 aliphatic heterocycles. The number of hydrogen-bond acceptors (Lipinski definition) is 1. The van der Waals surface area contributed by atoms with Crippen LogP contribution < -0.4 is 4.90 Å². The van der Waals surface area contributed by atoms with Crippen LogP contribution in [-0.4, -0.2) is 10.6 Å². The molecule has 13 rings (SSSR count). The van der Waals surface area contributed by atoms with Crippen molar-refractivity contribution >= 4 is 33.9 Å². The molecule has 0 saturated heterocycles. The smallest absolute Gasteiger partial charge is 0.0726 e. The molecular weight excluding hydrogens is 761 g/mol. The Labute approximate surface area is 369 Å². The maximum atomic E-state index is 2.58. The van der Waals surface area contributed by atoms with Crippen LogP contribution >= 0.6 is 0 Å². The van der Waals surface area contributed by atoms with Gasteiger partial charge in [-0.25, -0.2) is 0 Å². The van der Waals surface area contributed by atoms with E-state index in [9.17, 15) is 0 Å². The number of hydrogen-bond donors (Lipinski definition) is 0. The van der Waals surface area contributed by atoms with Crippen LogP contribution in [0.25, 0.3) is 61.6 Å². The number of nitrogens with zero attached hydrogens (tertiary/aromatic N) is 2. The molecule has 298 valence electrons. The second-order valence-electron chi connectivity index (χ2n) is 17.4. The van der Waals surface area contributed by atoms with E-state index in [1.54, 1.807) is 0 Å². The lowest BCUT2D eigenvalue weighted by atomic mass is 9.70. The molecule has 0 amide bonds. The van der Waals surface area contributed by atoms with E-state index in [2.05, 4.69) is 234 Å². The molecular formula is C61H44N2. The second kappa shape index (κ2) is 14.2. The summed E-state index contributed by atoms with van der Waals surface area (Å²) in [7, 11) is 0. The molecule has 0 N–H and O–H groups in total. The zero-order valence-electron chi connectivity index (χ0n) is 35.0. The van der Waals surface area contributed by atoms with Gasteiger partial charge in [0.25, 0.3) is 0 Å². The molecule has 1 heterocycles. The molecule has 0 fully saturated rings. The predicted octanol–water partition coefficient (Wildman–Crippen LogP) is 15.2. The van der Waals surface area contributed by atoms with Gasteiger partial charge in [-0.15, -0.1) is 0 Å². The summed E-state index contributed by atoms with van der Waals surface area (Å²) in [5.74, 6) is 0. The Balaban J connectivity index is 0.930. The van der Waals surface area contributed by atoms with Crippen LogP contribution in [-0.2, 0) is 11.8 Å². The van der Waals surface area contributed by atoms with Crippen molar-refractivity contribution < 1.29 is 0 Å². The summed E-state index contributed by atoms with van der Waals surface area (Å²) in [4.78, 5) is 2.58. The van der Waals surface area contributed by atoms with Gasteiger partial charge in [0.05, 0.1) is 17.0 Å². The normalized spacial score (nSPS) is 16.0. The Kier molecular flexibility index (Phi) is 8.11. The molecule has 1 atom stereocenters. The van der Waals surface area contributed by atoms with Crippen molar-refractivity contribution in [3.63, 3.8) is 0 Å². The molecule has 0 saturated carbocycles. The van der Waals surface area contributed by atoms with E-state index in [-0.39, 0.29) is 6.04 Å². The number of aromatic nitrogens is 1. The molecule has 63 heavy (non-hydrogen) atoms. The summed E-state index contributed by atoms with van der Waals surface area (Å²) in [6.45, 7) is 0. The third kappa shape index (κ3) is 5.38. The average Bonchev–Trinajstić information content (AvgIpc) is 3.96. The molecule has 2 nitrogen and oxygen atoms in total. The van der Waals surface area contributed by atoms with E-state index in [1.165, 1.54) is 106 Å². The third-order valence-electron chi connectivity index (χ3n) is 14.2. The first-order valence-electron chi connectivity index (χ1n) is 22.4. The van der Waals surface area contributed by atoms with Crippen LogP contribution in [0.4, 0.5) is 11.4 Å². The molecule has 0 radical (unpaired) electrons. The van der Waals surface area contributed by atoms with Crippen LogP contribution in [0.5, 0.6) is 0 Å². The van der Waals surface area contributed by atoms with Gasteiger partial charge in [0.1, 0.15) is 0 Å². The highest BCUT2D eigenvalue weighted by Crippen LogP contribution is 2.63. The van der Waals surface area contributed by atoms with Crippen molar-refractivity contribution in [2.45, 2.75) is 30.7 Å². The molecule has 1 spiro atoms. The highest BCUT2D eigenvalue weighted by atomic mass is 15.2. The number of benzene rings is 8. The fraction of sp³-hybridized carbons (Fsp3) is 0.0820. The molecule has 0 bridgehead atoms. The Morgan fingerprint density at radius 3 is 1.75 bits per heavy atom. The molecule has 1 aromatic heterocycles. The average molecular weight is 805 g/mol. The summed E-state index contributed by atoms with van der Waals surface area (Å²) in [6, 6.07) is 72.5. The minimum atomic E-state index is -0.402. The van der Waals surface area contributed by atoms with Crippen molar-refractivity contribution in [3.8, 4) is 39.1 Å². The van der Waals surface area contributed by atoms with Crippen molar-refractivity contribution in [2.75, 3.05) is 4.90 Å². The first kappa shape index (κ1) is 36.0. The Hall–Kier alpha value is -7.68. The van der Waals surface area contributed by atoms with Gasteiger partial charge in [0.15, 0.2) is 0 Å². The van der Waals surface area contributed by atoms with Gasteiger partial charge in [0, 0.05) is 28.1 Å². The molecule has 8 aromatic carbocycles. The van der Waals surface area contributed by atoms with Crippen molar-refractivity contribution in [1.82, 2.24) is 4.57 Å². The highest BCUT2D eigenvalue weighted by Gasteiger charge is 2.51. The highest BCUT2D eigenvalue weighted by molar-refractivity contribution is 5.97. The predicted molar refractivity (Wildman–Crippen MR) is 263 cm³/mol. The minimum Gasteiger partial charge on any atom is -0.334 e. The molecule has 4 aliphatic rings. The summed E-state index contributed by atoms with van der Waals surface area (Å²) in [5.41, 5.74) is 23.0. The number of anilines is 2. The van der Waals surface area contributed by atoms with Crippen molar-refractivity contribution in [2.24, 2.45) is 0 Å². The maximum Gasteiger partial charge on any atom is 0.0726 e. The Bertz CT molecular complexity index is 3300. The third-order valence-corrected chi connectivity index (χ3v) is 14.2. The Morgan fingerprint density at radius 1 is 0.492 bits per heavy atom. The Morgan fingerprint density at radius 2 is 1.08 bits per heavy atom. The van der Waals surface area contributed by atoms with Crippen molar-refractivity contribution in [3.05, 3.63) is 258 Å². The quantitative estimate of drug-likeness (QED) is 0.163. The monoisotopic (exact) mass is 804 g/mol. The van der Waals surface area contributed by atoms with Crippen molar-refractivity contribution in [1.29, 1.82) is 0 Å². The van der Waals surface area contributed by atoms with E-state index in [4.69, 9.17) is 0 Å². The van der Waals surface area contributed by atoms with E-state index >= 15 is 0 Å². The van der Waals surface area contributed by atoms with Crippen LogP contribution in [0.15, 0.2) is 218 Å². The van der Waals surface area contributed by atoms with Gasteiger partial charge < -0.3 is 9.47 Å². The van der Waals surface area contributed by atoms with Crippen LogP contribution in [0.1, 0.15) is 51.9 Å². The van der Waals surface area contributed by atoms with E-state index in [0.29, 0.717) is 0 Å². The SMILES string of the molecule is C1=Cc2c(c3cc(C4=CCC(N(c5ccc(-c6ccccc6)cc5)c5ccc6c(c5)C5(c7ccccc7-c7ccccc75)c5ccccc5-6)C=C4)ccc3n2-c2ccccc2)CC1. The fourth-order valence-corrected chi connectivity index (χ4v) is 11.5. The maximum absolute atomic E-state index is 2.58. The number of rotatable bonds is 6. The second-order valence-corrected chi connectivity index (χ2v) is 17.4. The number of allylic oxidation sites excluding steroid dienone is 3. The van der Waals surface area contributed by atoms with E-state index < -0.39 is 5.41 Å². The summed E-state index contributed by atoms with van der Waals surface area (Å²) in [5, 5.41) is 1.36. The lowest BCUT2D eigenvalue weighted by molar-refractivity contribution is 0.775. The molecule has 9 aromatic rings. The number of para-hydroxylation sites is 1. The zero-order valence-corrected chi connectivity index (χ0v) is 35.0. The van der Waals surface area contributed by atoms with Gasteiger partial charge >= 0.3 is 0 Å². The minimum absolute atomic E-state index is 0.109. The van der Waals surface area contributed by atoms with Gasteiger partial charge in [-0.3, -0.25) is 0 Å². The lowest BCUT2D eigenvalue weighted by Gasteiger charge is -2.35. The van der Waals surface area contributed by atoms with Crippen LogP contribution in [0, 0.1) is 0 Å². The summed E-state index contributed by atoms with van der Waals surface area (Å²) < 4.78 is 2.44. The first-order chi connectivity index (χ1) is 31.3. The van der Waals surface area contributed by atoms with Gasteiger partial charge in [0.2, 0.25) is 0 Å². The number of aryl methyl sites for hydroxylation is 1. The van der Waals surface area contributed by atoms with Gasteiger partial charge in [-0.05, 0) is 146 Å².